The third kappa shape index (κ3) is 3.51. The number of hydrogen-bond donors (Lipinski definition) is 2. The van der Waals surface area contributed by atoms with E-state index in [1.165, 1.54) is 5.56 Å². The van der Waals surface area contributed by atoms with Crippen LogP contribution in [0.15, 0.2) is 24.3 Å². The number of hydrogen-bond acceptors (Lipinski definition) is 4. The van der Waals surface area contributed by atoms with Crippen molar-refractivity contribution < 1.29 is 19.1 Å². The highest BCUT2D eigenvalue weighted by Gasteiger charge is 2.52. The van der Waals surface area contributed by atoms with Crippen LogP contribution in [0.3, 0.4) is 0 Å². The molecular formula is C18H23N3O4. The summed E-state index contributed by atoms with van der Waals surface area (Å²) in [5.41, 5.74) is 0.907. The van der Waals surface area contributed by atoms with Crippen molar-refractivity contribution in [2.24, 2.45) is 0 Å². The molecule has 0 atom stereocenters. The average Bonchev–Trinajstić information content (AvgIpc) is 2.80. The minimum absolute atomic E-state index is 0.292. The second kappa shape index (κ2) is 6.84. The van der Waals surface area contributed by atoms with Crippen molar-refractivity contribution in [1.82, 2.24) is 10.2 Å². The molecule has 2 N–H and O–H groups in total. The van der Waals surface area contributed by atoms with Crippen LogP contribution in [0, 0.1) is 0 Å². The van der Waals surface area contributed by atoms with Gasteiger partial charge >= 0.3 is 6.03 Å². The van der Waals surface area contributed by atoms with Crippen molar-refractivity contribution in [2.45, 2.75) is 38.1 Å². The Morgan fingerprint density at radius 2 is 1.88 bits per heavy atom. The monoisotopic (exact) mass is 345 g/mol. The van der Waals surface area contributed by atoms with Crippen molar-refractivity contribution in [3.63, 3.8) is 0 Å². The lowest BCUT2D eigenvalue weighted by Gasteiger charge is -2.30. The number of benzene rings is 1. The van der Waals surface area contributed by atoms with E-state index in [1.807, 2.05) is 24.3 Å². The Hall–Kier alpha value is -2.41. The predicted molar refractivity (Wildman–Crippen MR) is 92.2 cm³/mol. The van der Waals surface area contributed by atoms with Gasteiger partial charge in [0.2, 0.25) is 5.91 Å². The SMILES string of the molecule is CC(C)c1ccc(NC(=O)CN2C(=O)NC3(CCOCC3)C2=O)cc1. The molecule has 134 valence electrons. The van der Waals surface area contributed by atoms with Gasteiger partial charge in [-0.05, 0) is 23.6 Å². The number of imide groups is 1. The number of nitrogens with zero attached hydrogens (tertiary/aromatic N) is 1. The summed E-state index contributed by atoms with van der Waals surface area (Å²) < 4.78 is 5.26. The fourth-order valence-electron chi connectivity index (χ4n) is 3.17. The molecule has 0 unspecified atom stereocenters. The summed E-state index contributed by atoms with van der Waals surface area (Å²) in [6.45, 7) is 4.75. The molecule has 0 aromatic heterocycles. The van der Waals surface area contributed by atoms with Gasteiger partial charge in [0.15, 0.2) is 0 Å². The first-order chi connectivity index (χ1) is 11.9. The molecule has 2 aliphatic rings. The number of nitrogens with one attached hydrogen (secondary N) is 2. The Morgan fingerprint density at radius 3 is 2.48 bits per heavy atom. The van der Waals surface area contributed by atoms with Crippen LogP contribution in [0.1, 0.15) is 38.2 Å². The lowest BCUT2D eigenvalue weighted by atomic mass is 9.90. The molecular weight excluding hydrogens is 322 g/mol. The van der Waals surface area contributed by atoms with E-state index in [2.05, 4.69) is 24.5 Å². The maximum Gasteiger partial charge on any atom is 0.325 e. The van der Waals surface area contributed by atoms with Gasteiger partial charge < -0.3 is 15.4 Å². The first-order valence-corrected chi connectivity index (χ1v) is 8.53. The van der Waals surface area contributed by atoms with Gasteiger partial charge in [0, 0.05) is 31.7 Å². The molecule has 2 heterocycles. The molecule has 2 saturated heterocycles. The number of urea groups is 1. The number of carbonyl (C=O) groups excluding carboxylic acids is 3. The lowest BCUT2D eigenvalue weighted by molar-refractivity contribution is -0.136. The van der Waals surface area contributed by atoms with Crippen LogP contribution in [0.2, 0.25) is 0 Å². The Morgan fingerprint density at radius 1 is 1.24 bits per heavy atom. The molecule has 1 spiro atoms. The number of ether oxygens (including phenoxy) is 1. The van der Waals surface area contributed by atoms with Crippen LogP contribution in [-0.2, 0) is 14.3 Å². The molecule has 2 aliphatic heterocycles. The molecule has 0 saturated carbocycles. The maximum absolute atomic E-state index is 12.6. The summed E-state index contributed by atoms with van der Waals surface area (Å²) in [6.07, 6.45) is 0.874. The van der Waals surface area contributed by atoms with Gasteiger partial charge in [-0.2, -0.15) is 0 Å². The minimum atomic E-state index is -0.908. The van der Waals surface area contributed by atoms with Gasteiger partial charge in [-0.1, -0.05) is 26.0 Å². The third-order valence-corrected chi connectivity index (χ3v) is 4.76. The largest absolute Gasteiger partial charge is 0.381 e. The van der Waals surface area contributed by atoms with E-state index in [-0.39, 0.29) is 12.5 Å². The van der Waals surface area contributed by atoms with Gasteiger partial charge in [0.1, 0.15) is 12.1 Å². The molecule has 25 heavy (non-hydrogen) atoms. The fraction of sp³-hybridized carbons (Fsp3) is 0.500. The molecule has 0 radical (unpaired) electrons. The molecule has 2 fully saturated rings. The van der Waals surface area contributed by atoms with E-state index < -0.39 is 17.5 Å². The van der Waals surface area contributed by atoms with Crippen molar-refractivity contribution in [3.8, 4) is 0 Å². The van der Waals surface area contributed by atoms with Crippen molar-refractivity contribution in [3.05, 3.63) is 29.8 Å². The molecule has 7 heteroatoms. The zero-order valence-electron chi connectivity index (χ0n) is 14.5. The first kappa shape index (κ1) is 17.4. The van der Waals surface area contributed by atoms with E-state index in [1.54, 1.807) is 0 Å². The second-order valence-electron chi connectivity index (χ2n) is 6.84. The second-order valence-corrected chi connectivity index (χ2v) is 6.84. The van der Waals surface area contributed by atoms with E-state index in [9.17, 15) is 14.4 Å². The fourth-order valence-corrected chi connectivity index (χ4v) is 3.17. The van der Waals surface area contributed by atoms with E-state index in [0.717, 1.165) is 4.90 Å². The number of rotatable bonds is 4. The van der Waals surface area contributed by atoms with Crippen LogP contribution in [-0.4, -0.2) is 48.0 Å². The van der Waals surface area contributed by atoms with Gasteiger partial charge in [0.25, 0.3) is 5.91 Å². The number of anilines is 1. The highest BCUT2D eigenvalue weighted by molar-refractivity contribution is 6.10. The highest BCUT2D eigenvalue weighted by atomic mass is 16.5. The van der Waals surface area contributed by atoms with Crippen LogP contribution in [0.25, 0.3) is 0 Å². The maximum atomic E-state index is 12.6. The van der Waals surface area contributed by atoms with Gasteiger partial charge in [-0.15, -0.1) is 0 Å². The first-order valence-electron chi connectivity index (χ1n) is 8.53. The Balaban J connectivity index is 1.62. The van der Waals surface area contributed by atoms with Crippen molar-refractivity contribution >= 4 is 23.5 Å². The third-order valence-electron chi connectivity index (χ3n) is 4.76. The standard InChI is InChI=1S/C18H23N3O4/c1-12(2)13-3-5-14(6-4-13)19-15(22)11-21-16(23)18(20-17(21)24)7-9-25-10-8-18/h3-6,12H,7-11H2,1-2H3,(H,19,22)(H,20,24). The zero-order chi connectivity index (χ0) is 18.0. The molecule has 4 amide bonds. The van der Waals surface area contributed by atoms with E-state index in [4.69, 9.17) is 4.74 Å². The molecule has 0 bridgehead atoms. The van der Waals surface area contributed by atoms with Crippen LogP contribution < -0.4 is 10.6 Å². The summed E-state index contributed by atoms with van der Waals surface area (Å²) in [5.74, 6) is -0.331. The smallest absolute Gasteiger partial charge is 0.325 e. The Labute approximate surface area is 146 Å². The average molecular weight is 345 g/mol. The summed E-state index contributed by atoms with van der Waals surface area (Å²) in [6, 6.07) is 7.02. The van der Waals surface area contributed by atoms with E-state index in [0.29, 0.717) is 37.7 Å². The minimum Gasteiger partial charge on any atom is -0.381 e. The van der Waals surface area contributed by atoms with Crippen LogP contribution in [0.4, 0.5) is 10.5 Å². The zero-order valence-corrected chi connectivity index (χ0v) is 14.5. The van der Waals surface area contributed by atoms with Gasteiger partial charge in [-0.25, -0.2) is 4.79 Å². The predicted octanol–water partition coefficient (Wildman–Crippen LogP) is 1.85. The Kier molecular flexibility index (Phi) is 4.76. The van der Waals surface area contributed by atoms with E-state index >= 15 is 0 Å². The van der Waals surface area contributed by atoms with Crippen LogP contribution in [0.5, 0.6) is 0 Å². The number of carbonyl (C=O) groups is 3. The molecule has 0 aliphatic carbocycles. The summed E-state index contributed by atoms with van der Waals surface area (Å²) in [5, 5.41) is 5.47. The lowest BCUT2D eigenvalue weighted by Crippen LogP contribution is -2.51. The van der Waals surface area contributed by atoms with Gasteiger partial charge in [-0.3, -0.25) is 14.5 Å². The van der Waals surface area contributed by atoms with Crippen LogP contribution >= 0.6 is 0 Å². The normalized spacial score (nSPS) is 19.4. The molecule has 7 nitrogen and oxygen atoms in total. The number of amides is 4. The van der Waals surface area contributed by atoms with Gasteiger partial charge in [0.05, 0.1) is 0 Å². The molecule has 1 aromatic carbocycles. The molecule has 3 rings (SSSR count). The van der Waals surface area contributed by atoms with Crippen molar-refractivity contribution in [2.75, 3.05) is 25.1 Å². The summed E-state index contributed by atoms with van der Waals surface area (Å²) in [7, 11) is 0. The topological polar surface area (TPSA) is 87.7 Å². The quantitative estimate of drug-likeness (QED) is 0.815. The van der Waals surface area contributed by atoms with Crippen molar-refractivity contribution in [1.29, 1.82) is 0 Å². The summed E-state index contributed by atoms with van der Waals surface area (Å²) in [4.78, 5) is 38.0. The Bertz CT molecular complexity index is 678. The highest BCUT2D eigenvalue weighted by Crippen LogP contribution is 2.28. The summed E-state index contributed by atoms with van der Waals surface area (Å²) >= 11 is 0. The molecule has 1 aromatic rings.